The van der Waals surface area contributed by atoms with Gasteiger partial charge in [-0.2, -0.15) is 0 Å². The number of aromatic nitrogens is 1. The number of hydrogen-bond donors (Lipinski definition) is 1. The van der Waals surface area contributed by atoms with Crippen LogP contribution >= 0.6 is 10.5 Å². The van der Waals surface area contributed by atoms with Crippen molar-refractivity contribution in [3.63, 3.8) is 0 Å². The largest absolute Gasteiger partial charge is 0.464 e. The summed E-state index contributed by atoms with van der Waals surface area (Å²) in [5.74, 6) is -0.938. The number of esters is 1. The van der Waals surface area contributed by atoms with E-state index in [1.165, 1.54) is 7.11 Å². The highest BCUT2D eigenvalue weighted by molar-refractivity contribution is 8.19. The van der Waals surface area contributed by atoms with Gasteiger partial charge in [-0.25, -0.2) is 4.79 Å². The van der Waals surface area contributed by atoms with Crippen molar-refractivity contribution >= 4 is 27.3 Å². The maximum atomic E-state index is 12.1. The number of fused-ring (bicyclic) bond motifs is 1. The maximum absolute atomic E-state index is 12.1. The minimum Gasteiger partial charge on any atom is -0.464 e. The quantitative estimate of drug-likeness (QED) is 0.667. The van der Waals surface area contributed by atoms with Gasteiger partial charge in [0.2, 0.25) is 5.91 Å². The van der Waals surface area contributed by atoms with Crippen molar-refractivity contribution in [1.82, 2.24) is 9.88 Å². The molecule has 0 saturated carbocycles. The average molecular weight is 329 g/mol. The lowest BCUT2D eigenvalue weighted by Crippen LogP contribution is -2.27. The van der Waals surface area contributed by atoms with Gasteiger partial charge in [-0.3, -0.25) is 9.78 Å². The lowest BCUT2D eigenvalue weighted by molar-refractivity contribution is -0.137. The Bertz CT molecular complexity index is 781. The van der Waals surface area contributed by atoms with E-state index in [1.807, 2.05) is 24.3 Å². The maximum Gasteiger partial charge on any atom is 0.355 e. The predicted molar refractivity (Wildman–Crippen MR) is 89.0 cm³/mol. The molecule has 118 valence electrons. The molecule has 0 spiro atoms. The number of nitrogens with two attached hydrogens (primary N) is 1. The number of primary amides is 1. The second kappa shape index (κ2) is 6.21. The molecule has 0 aliphatic carbocycles. The molecule has 6 nitrogen and oxygen atoms in total. The number of amides is 1. The molecule has 23 heavy (non-hydrogen) atoms. The first-order valence-electron chi connectivity index (χ1n) is 6.87. The van der Waals surface area contributed by atoms with Crippen LogP contribution in [0, 0.1) is 0 Å². The van der Waals surface area contributed by atoms with Crippen LogP contribution in [0.4, 0.5) is 0 Å². The summed E-state index contributed by atoms with van der Waals surface area (Å²) in [5.41, 5.74) is 6.60. The highest BCUT2D eigenvalue weighted by Gasteiger charge is 2.34. The van der Waals surface area contributed by atoms with E-state index in [-0.39, 0.29) is 0 Å². The van der Waals surface area contributed by atoms with E-state index in [2.05, 4.69) is 4.98 Å². The van der Waals surface area contributed by atoms with Crippen LogP contribution in [0.2, 0.25) is 0 Å². The molecule has 2 unspecified atom stereocenters. The number of methoxy groups -OCH3 is 1. The number of nitrogens with zero attached hydrogens (tertiary/aromatic N) is 2. The Labute approximate surface area is 135 Å². The molecule has 2 atom stereocenters. The van der Waals surface area contributed by atoms with Crippen molar-refractivity contribution in [2.24, 2.45) is 5.73 Å². The summed E-state index contributed by atoms with van der Waals surface area (Å²) >= 11 is 0. The van der Waals surface area contributed by atoms with Gasteiger partial charge in [-0.05, 0) is 29.7 Å². The summed E-state index contributed by atoms with van der Waals surface area (Å²) in [6.45, 7) is 0. The topological polar surface area (TPSA) is 85.5 Å². The molecule has 2 aliphatic heterocycles. The fraction of sp³-hybridized carbons (Fsp3) is 0.125. The lowest BCUT2D eigenvalue weighted by atomic mass is 10.2. The van der Waals surface area contributed by atoms with Crippen LogP contribution in [0.5, 0.6) is 0 Å². The summed E-state index contributed by atoms with van der Waals surface area (Å²) in [6, 6.07) is 5.35. The predicted octanol–water partition coefficient (Wildman–Crippen LogP) is 1.42. The lowest BCUT2D eigenvalue weighted by Gasteiger charge is -2.22. The van der Waals surface area contributed by atoms with Gasteiger partial charge in [0.05, 0.1) is 17.8 Å². The van der Waals surface area contributed by atoms with Gasteiger partial charge in [-0.15, -0.1) is 10.5 Å². The monoisotopic (exact) mass is 329 g/mol. The van der Waals surface area contributed by atoms with E-state index in [9.17, 15) is 9.59 Å². The first-order chi connectivity index (χ1) is 11.1. The van der Waals surface area contributed by atoms with Crippen LogP contribution in [-0.2, 0) is 14.3 Å². The van der Waals surface area contributed by atoms with E-state index >= 15 is 0 Å². The average Bonchev–Trinajstić information content (AvgIpc) is 2.95. The first kappa shape index (κ1) is 15.2. The third kappa shape index (κ3) is 2.70. The summed E-state index contributed by atoms with van der Waals surface area (Å²) in [4.78, 5) is 30.9. The Morgan fingerprint density at radius 3 is 2.83 bits per heavy atom. The fourth-order valence-electron chi connectivity index (χ4n) is 2.43. The van der Waals surface area contributed by atoms with Crippen LogP contribution in [0.1, 0.15) is 10.9 Å². The zero-order valence-corrected chi connectivity index (χ0v) is 13.2. The molecule has 1 aromatic heterocycles. The molecule has 7 heteroatoms. The molecule has 1 amide bonds. The Balaban J connectivity index is 2.13. The zero-order valence-electron chi connectivity index (χ0n) is 12.4. The molecule has 2 aliphatic rings. The molecule has 0 bridgehead atoms. The molecular formula is C16H15N3O3S. The SMILES string of the molecule is COC(=O)C1=CS(C(C(N)=O)c2ccccn2)=C2C=CC=CN12. The van der Waals surface area contributed by atoms with Crippen molar-refractivity contribution in [1.29, 1.82) is 0 Å². The molecule has 0 aromatic carbocycles. The van der Waals surface area contributed by atoms with E-state index in [0.717, 1.165) is 4.99 Å². The highest BCUT2D eigenvalue weighted by atomic mass is 32.2. The van der Waals surface area contributed by atoms with Crippen molar-refractivity contribution in [2.45, 2.75) is 5.25 Å². The van der Waals surface area contributed by atoms with E-state index < -0.39 is 27.6 Å². The Hall–Kier alpha value is -2.67. The van der Waals surface area contributed by atoms with Gasteiger partial charge in [0.1, 0.15) is 10.9 Å². The van der Waals surface area contributed by atoms with Crippen molar-refractivity contribution in [2.75, 3.05) is 7.11 Å². The minimum atomic E-state index is -0.710. The molecule has 2 N–H and O–H groups in total. The van der Waals surface area contributed by atoms with Crippen molar-refractivity contribution in [3.8, 4) is 0 Å². The van der Waals surface area contributed by atoms with E-state index in [1.54, 1.807) is 34.8 Å². The molecule has 3 rings (SSSR count). The van der Waals surface area contributed by atoms with Crippen LogP contribution in [-0.4, -0.2) is 33.9 Å². The molecule has 0 radical (unpaired) electrons. The smallest absolute Gasteiger partial charge is 0.355 e. The van der Waals surface area contributed by atoms with Gasteiger partial charge < -0.3 is 15.4 Å². The number of carbonyl (C=O) groups excluding carboxylic acids is 2. The zero-order chi connectivity index (χ0) is 16.4. The number of hydrogen-bond acceptors (Lipinski definition) is 5. The van der Waals surface area contributed by atoms with Gasteiger partial charge in [-0.1, -0.05) is 12.1 Å². The number of ether oxygens (including phenoxy) is 1. The summed E-state index contributed by atoms with van der Waals surface area (Å²) in [6.07, 6.45) is 8.92. The van der Waals surface area contributed by atoms with Gasteiger partial charge in [0.25, 0.3) is 0 Å². The normalized spacial score (nSPS) is 20.0. The van der Waals surface area contributed by atoms with Gasteiger partial charge in [0, 0.05) is 12.4 Å². The molecule has 3 heterocycles. The number of carbonyl (C=O) groups is 2. The highest BCUT2D eigenvalue weighted by Crippen LogP contribution is 2.44. The fourth-order valence-corrected chi connectivity index (χ4v) is 4.65. The molecule has 1 aromatic rings. The number of rotatable bonds is 4. The molecule has 0 fully saturated rings. The minimum absolute atomic E-state index is 0.383. The standard InChI is InChI=1S/C16H15N3O3S/c1-22-16(21)12-10-23(13-7-3-5-9-19(12)13)14(15(17)20)11-6-2-4-8-18-11/h2-10,14H,1H3,(H2,17,20). The van der Waals surface area contributed by atoms with Crippen molar-refractivity contribution < 1.29 is 14.3 Å². The molecule has 0 saturated heterocycles. The second-order valence-electron chi connectivity index (χ2n) is 4.81. The number of pyridine rings is 1. The van der Waals surface area contributed by atoms with Crippen LogP contribution in [0.15, 0.2) is 59.9 Å². The molecular weight excluding hydrogens is 314 g/mol. The number of allylic oxidation sites excluding steroid dienone is 2. The van der Waals surface area contributed by atoms with Crippen molar-refractivity contribution in [3.05, 3.63) is 65.6 Å². The Morgan fingerprint density at radius 2 is 2.17 bits per heavy atom. The third-order valence-corrected chi connectivity index (χ3v) is 5.70. The first-order valence-corrected chi connectivity index (χ1v) is 8.22. The summed E-state index contributed by atoms with van der Waals surface area (Å²) < 4.78 is 4.83. The Kier molecular flexibility index (Phi) is 4.12. The van der Waals surface area contributed by atoms with Crippen LogP contribution in [0.25, 0.3) is 0 Å². The summed E-state index contributed by atoms with van der Waals surface area (Å²) in [7, 11) is 0.616. The van der Waals surface area contributed by atoms with Gasteiger partial charge >= 0.3 is 5.97 Å². The van der Waals surface area contributed by atoms with E-state index in [0.29, 0.717) is 11.4 Å². The summed E-state index contributed by atoms with van der Waals surface area (Å²) in [5, 5.41) is 1.11. The third-order valence-electron chi connectivity index (χ3n) is 3.43. The van der Waals surface area contributed by atoms with Gasteiger partial charge in [0.15, 0.2) is 0 Å². The Morgan fingerprint density at radius 1 is 1.35 bits per heavy atom. The van der Waals surface area contributed by atoms with Crippen LogP contribution in [0.3, 0.4) is 0 Å². The van der Waals surface area contributed by atoms with E-state index in [4.69, 9.17) is 10.5 Å². The second-order valence-corrected chi connectivity index (χ2v) is 6.68. The van der Waals surface area contributed by atoms with Crippen LogP contribution < -0.4 is 5.73 Å².